The first-order valence-corrected chi connectivity index (χ1v) is 19.3. The van der Waals surface area contributed by atoms with Crippen molar-refractivity contribution < 1.29 is 46.7 Å². The van der Waals surface area contributed by atoms with Gasteiger partial charge in [0.25, 0.3) is 0 Å². The zero-order valence-corrected chi connectivity index (χ0v) is 33.4. The number of nitrogens with one attached hydrogen (secondary N) is 4. The van der Waals surface area contributed by atoms with Crippen LogP contribution in [0.2, 0.25) is 0 Å². The Balaban J connectivity index is 0.000000494. The molecule has 0 saturated carbocycles. The number of piperazine rings is 4. The van der Waals surface area contributed by atoms with Crippen molar-refractivity contribution in [1.82, 2.24) is 40.9 Å². The van der Waals surface area contributed by atoms with E-state index in [1.807, 2.05) is 0 Å². The van der Waals surface area contributed by atoms with E-state index >= 15 is 0 Å². The van der Waals surface area contributed by atoms with Gasteiger partial charge >= 0.3 is 46.7 Å². The van der Waals surface area contributed by atoms with Crippen molar-refractivity contribution in [2.45, 2.75) is 0 Å². The summed E-state index contributed by atoms with van der Waals surface area (Å²) in [7, 11) is 0. The van der Waals surface area contributed by atoms with E-state index in [0.717, 1.165) is 122 Å². The first-order valence-electron chi connectivity index (χ1n) is 12.6. The van der Waals surface area contributed by atoms with Crippen LogP contribution in [0.5, 0.6) is 0 Å². The Labute approximate surface area is 305 Å². The van der Waals surface area contributed by atoms with Crippen LogP contribution >= 0.6 is 0 Å². The minimum Gasteiger partial charge on any atom is -0.680 e. The maximum atomic E-state index is 9.27. The van der Waals surface area contributed by atoms with E-state index in [4.69, 9.17) is 50.5 Å². The Bertz CT molecular complexity index is 670. The van der Waals surface area contributed by atoms with Crippen molar-refractivity contribution in [2.24, 2.45) is 0 Å². The van der Waals surface area contributed by atoms with Crippen LogP contribution in [0.4, 0.5) is 0 Å². The van der Waals surface area contributed by atoms with Gasteiger partial charge in [-0.05, 0) is 0 Å². The van der Waals surface area contributed by atoms with Crippen molar-refractivity contribution in [3.8, 4) is 0 Å². The summed E-state index contributed by atoms with van der Waals surface area (Å²) in [6, 6.07) is 0. The van der Waals surface area contributed by atoms with E-state index in [1.54, 1.807) is 0 Å². The van der Waals surface area contributed by atoms with Gasteiger partial charge in [0.15, 0.2) is 0 Å². The van der Waals surface area contributed by atoms with Crippen LogP contribution < -0.4 is 21.3 Å². The molecule has 238 valence electrons. The quantitative estimate of drug-likeness (QED) is 0.0700. The van der Waals surface area contributed by atoms with Gasteiger partial charge < -0.3 is 71.8 Å². The second-order valence-corrected chi connectivity index (χ2v) is 15.7. The molecule has 4 heterocycles. The molecule has 0 aromatic heterocycles. The Kier molecular flexibility index (Phi) is 31.5. The number of hydrogen-bond acceptors (Lipinski definition) is 11. The number of rotatable bonds is 2. The smallest absolute Gasteiger partial charge is 0.146 e. The minimum absolute atomic E-state index is 0.719. The van der Waals surface area contributed by atoms with E-state index in [0.29, 0.717) is 0 Å². The molecule has 4 saturated heterocycles. The molecule has 0 amide bonds. The molecule has 0 aromatic carbocycles. The van der Waals surface area contributed by atoms with Gasteiger partial charge in [-0.25, -0.2) is 0 Å². The maximum Gasteiger partial charge on any atom is 0.146 e. The fourth-order valence-corrected chi connectivity index (χ4v) is 5.35. The third-order valence-corrected chi connectivity index (χ3v) is 9.66. The molecule has 0 aliphatic carbocycles. The Hall–Kier alpha value is 2.38. The summed E-state index contributed by atoms with van der Waals surface area (Å²) in [4.78, 5) is 8.37. The second kappa shape index (κ2) is 29.8. The van der Waals surface area contributed by atoms with Gasteiger partial charge in [-0.1, -0.05) is 0 Å². The summed E-state index contributed by atoms with van der Waals surface area (Å²) < 4.78 is 25.4. The van der Waals surface area contributed by atoms with Crippen LogP contribution in [0.3, 0.4) is 0 Å². The molecule has 0 radical (unpaired) electrons. The topological polar surface area (TPSA) is 104 Å². The average molecular weight is 889 g/mol. The number of nitrogens with zero attached hydrogens (tertiary/aromatic N) is 4. The van der Waals surface area contributed by atoms with Crippen LogP contribution in [-0.4, -0.2) is 142 Å². The molecule has 0 bridgehead atoms. The van der Waals surface area contributed by atoms with Crippen LogP contribution in [0.1, 0.15) is 0 Å². The molecule has 4 fully saturated rings. The van der Waals surface area contributed by atoms with Gasteiger partial charge in [-0.15, -0.1) is 0 Å². The molecule has 21 heteroatoms. The standard InChI is InChI=1S/4C5H10N2S2.2Mo.3O/c4*8-5(9)7-3-1-6-2-4-7;;;;;/h4*6H,1-4H2,(H,8,9);;;;;. The largest absolute Gasteiger partial charge is 0.680 e. The fraction of sp³-hybridized carbons (Fsp3) is 0.800. The fourth-order valence-electron chi connectivity index (χ4n) is 3.44. The zero-order chi connectivity index (χ0) is 30.9. The van der Waals surface area contributed by atoms with Crippen molar-refractivity contribution in [2.75, 3.05) is 105 Å². The van der Waals surface area contributed by atoms with Crippen LogP contribution in [-0.2, 0) is 146 Å². The van der Waals surface area contributed by atoms with Crippen LogP contribution in [0.25, 0.3) is 0 Å². The summed E-state index contributed by atoms with van der Waals surface area (Å²) in [5.74, 6) is 0. The molecule has 0 aromatic rings. The summed E-state index contributed by atoms with van der Waals surface area (Å²) in [5.41, 5.74) is 0. The molecular weight excluding hydrogens is 849 g/mol. The van der Waals surface area contributed by atoms with Gasteiger partial charge in [0.2, 0.25) is 0 Å². The second-order valence-electron chi connectivity index (χ2n) is 8.28. The molecule has 4 N–H and O–H groups in total. The molecule has 41 heavy (non-hydrogen) atoms. The maximum absolute atomic E-state index is 9.27. The molecule has 0 atom stereocenters. The zero-order valence-electron chi connectivity index (χ0n) is 22.6. The third kappa shape index (κ3) is 25.2. The van der Waals surface area contributed by atoms with Crippen molar-refractivity contribution >= 4 is 117 Å². The third-order valence-electron chi connectivity index (χ3n) is 5.61. The molecular formula is C20H40Mo2N8O3S8. The van der Waals surface area contributed by atoms with Gasteiger partial charge in [0, 0.05) is 105 Å². The summed E-state index contributed by atoms with van der Waals surface area (Å²) >= 11 is 32.7. The van der Waals surface area contributed by atoms with Crippen LogP contribution in [0.15, 0.2) is 0 Å². The first-order chi connectivity index (χ1) is 19.6. The van der Waals surface area contributed by atoms with E-state index in [1.165, 1.54) is 0 Å². The summed E-state index contributed by atoms with van der Waals surface area (Å²) in [5, 5.41) is 12.9. The monoisotopic (exact) mass is 892 g/mol. The van der Waals surface area contributed by atoms with Gasteiger partial charge in [0.1, 0.15) is 66.2 Å². The summed E-state index contributed by atoms with van der Waals surface area (Å²) in [6.45, 7) is 16.2. The van der Waals surface area contributed by atoms with Crippen molar-refractivity contribution in [1.29, 1.82) is 0 Å². The molecule has 4 aliphatic rings. The SMILES string of the molecule is [O]=[Mo][O][Mo]=[O].[S-]C(=[SH+])N1CCNCC1.[S-]C(=[SH+])N1CCNCC1.[S-]C(=[SH+])N1CCNCC1.[S-]C(=[SH+])N1CCNCC1. The molecule has 4 aliphatic heterocycles. The van der Waals surface area contributed by atoms with E-state index in [9.17, 15) is 6.80 Å². The first kappa shape index (κ1) is 43.4. The van der Waals surface area contributed by atoms with E-state index in [2.05, 4.69) is 91.8 Å². The molecule has 0 spiro atoms. The Morgan fingerprint density at radius 1 is 0.463 bits per heavy atom. The number of hydrogen-bond donors (Lipinski definition) is 4. The predicted molar refractivity (Wildman–Crippen MR) is 185 cm³/mol. The van der Waals surface area contributed by atoms with Crippen molar-refractivity contribution in [3.05, 3.63) is 0 Å². The average Bonchev–Trinajstić information content (AvgIpc) is 3.00. The predicted octanol–water partition coefficient (Wildman–Crippen LogP) is -5.09. The van der Waals surface area contributed by atoms with Crippen LogP contribution in [0, 0.1) is 0 Å². The van der Waals surface area contributed by atoms with Gasteiger partial charge in [-0.3, -0.25) is 19.6 Å². The van der Waals surface area contributed by atoms with E-state index < -0.39 is 37.8 Å². The Morgan fingerprint density at radius 2 is 0.634 bits per heavy atom. The summed E-state index contributed by atoms with van der Waals surface area (Å²) in [6.07, 6.45) is 0. The molecule has 0 unspecified atom stereocenters. The minimum atomic E-state index is -1.53. The Morgan fingerprint density at radius 3 is 0.707 bits per heavy atom. The molecule has 4 rings (SSSR count). The van der Waals surface area contributed by atoms with E-state index in [-0.39, 0.29) is 0 Å². The van der Waals surface area contributed by atoms with Gasteiger partial charge in [0.05, 0.1) is 0 Å². The van der Waals surface area contributed by atoms with Gasteiger partial charge in [-0.2, -0.15) is 0 Å². The normalized spacial score (nSPS) is 20.0. The number of thiol groups is 4. The van der Waals surface area contributed by atoms with Crippen molar-refractivity contribution in [3.63, 3.8) is 0 Å². The molecule has 11 nitrogen and oxygen atoms in total.